The van der Waals surface area contributed by atoms with E-state index in [4.69, 9.17) is 16.8 Å². The second-order valence-electron chi connectivity index (χ2n) is 13.2. The van der Waals surface area contributed by atoms with E-state index >= 15 is 0 Å². The highest BCUT2D eigenvalue weighted by Gasteiger charge is 2.18. The van der Waals surface area contributed by atoms with Crippen molar-refractivity contribution in [2.24, 2.45) is 0 Å². The molecule has 54 heavy (non-hydrogen) atoms. The maximum atomic E-state index is 8.90. The van der Waals surface area contributed by atoms with Gasteiger partial charge in [0.25, 0.3) is 0 Å². The van der Waals surface area contributed by atoms with Gasteiger partial charge in [0.2, 0.25) is 0 Å². The standard InChI is InChI=1S/C50H34N4/c1-4-15-35(16-5-1)41-32-42(36-26-28-38(29-27-36)50-51-45-23-10-11-24-46(45)54(50)44-21-8-3-9-22-44)34-43(33-41)39-19-14-20-40(31-39)49-48(37-17-6-2-7-18-37)52-47-25-12-13-30-53(47)49/h1-34H/i1D,4D,5D,15D,16D. The summed E-state index contributed by atoms with van der Waals surface area (Å²) < 4.78 is 47.3. The molecule has 0 radical (unpaired) electrons. The summed E-state index contributed by atoms with van der Waals surface area (Å²) in [6.45, 7) is 0. The lowest BCUT2D eigenvalue weighted by atomic mass is 9.92. The van der Waals surface area contributed by atoms with Gasteiger partial charge in [-0.2, -0.15) is 0 Å². The van der Waals surface area contributed by atoms with Crippen molar-refractivity contribution in [3.05, 3.63) is 206 Å². The molecule has 0 saturated heterocycles. The number of rotatable bonds is 7. The molecule has 4 nitrogen and oxygen atoms in total. The molecule has 0 saturated carbocycles. The number of pyridine rings is 1. The van der Waals surface area contributed by atoms with Crippen LogP contribution in [0.2, 0.25) is 0 Å². The molecular formula is C50H34N4. The Morgan fingerprint density at radius 1 is 0.426 bits per heavy atom. The Bertz CT molecular complexity index is 3180. The lowest BCUT2D eigenvalue weighted by Crippen LogP contribution is -1.97. The van der Waals surface area contributed by atoms with Crippen LogP contribution in [0.15, 0.2) is 206 Å². The molecule has 0 aliphatic heterocycles. The minimum Gasteiger partial charge on any atom is -0.299 e. The van der Waals surface area contributed by atoms with Crippen molar-refractivity contribution < 1.29 is 6.85 Å². The Morgan fingerprint density at radius 3 is 1.83 bits per heavy atom. The topological polar surface area (TPSA) is 35.1 Å². The van der Waals surface area contributed by atoms with Crippen molar-refractivity contribution in [2.45, 2.75) is 0 Å². The lowest BCUT2D eigenvalue weighted by Gasteiger charge is -2.14. The lowest BCUT2D eigenvalue weighted by molar-refractivity contribution is 1.10. The first-order valence-corrected chi connectivity index (χ1v) is 17.8. The Labute approximate surface area is 321 Å². The molecule has 0 spiro atoms. The Kier molecular flexibility index (Phi) is 6.54. The smallest absolute Gasteiger partial charge is 0.145 e. The van der Waals surface area contributed by atoms with E-state index in [0.29, 0.717) is 5.56 Å². The third-order valence-corrected chi connectivity index (χ3v) is 9.82. The monoisotopic (exact) mass is 695 g/mol. The van der Waals surface area contributed by atoms with Crippen molar-refractivity contribution in [1.82, 2.24) is 18.9 Å². The van der Waals surface area contributed by atoms with Gasteiger partial charge in [-0.05, 0) is 94.0 Å². The van der Waals surface area contributed by atoms with Crippen LogP contribution >= 0.6 is 0 Å². The molecule has 0 aliphatic rings. The summed E-state index contributed by atoms with van der Waals surface area (Å²) in [5, 5.41) is 0. The normalized spacial score (nSPS) is 12.6. The van der Waals surface area contributed by atoms with Gasteiger partial charge in [-0.15, -0.1) is 0 Å². The number of hydrogen-bond acceptors (Lipinski definition) is 2. The zero-order valence-electron chi connectivity index (χ0n) is 34.0. The van der Waals surface area contributed by atoms with E-state index in [9.17, 15) is 0 Å². The molecule has 10 rings (SSSR count). The third-order valence-electron chi connectivity index (χ3n) is 9.82. The van der Waals surface area contributed by atoms with Crippen LogP contribution in [0.5, 0.6) is 0 Å². The minimum absolute atomic E-state index is 0.150. The zero-order valence-corrected chi connectivity index (χ0v) is 29.0. The van der Waals surface area contributed by atoms with Gasteiger partial charge < -0.3 is 0 Å². The summed E-state index contributed by atoms with van der Waals surface area (Å²) in [4.78, 5) is 10.1. The Morgan fingerprint density at radius 2 is 1.04 bits per heavy atom. The Balaban J connectivity index is 1.14. The predicted octanol–water partition coefficient (Wildman–Crippen LogP) is 12.7. The van der Waals surface area contributed by atoms with E-state index in [1.807, 2.05) is 103 Å². The highest BCUT2D eigenvalue weighted by Crippen LogP contribution is 2.38. The van der Waals surface area contributed by atoms with E-state index in [1.54, 1.807) is 0 Å². The number of imidazole rings is 2. The van der Waals surface area contributed by atoms with Crippen LogP contribution in [-0.4, -0.2) is 18.9 Å². The van der Waals surface area contributed by atoms with Gasteiger partial charge in [0.05, 0.1) is 29.3 Å². The van der Waals surface area contributed by atoms with Gasteiger partial charge in [-0.25, -0.2) is 9.97 Å². The molecule has 0 unspecified atom stereocenters. The molecule has 3 aromatic heterocycles. The van der Waals surface area contributed by atoms with Gasteiger partial charge in [0.15, 0.2) is 0 Å². The molecule has 4 heteroatoms. The number of benzene rings is 7. The summed E-state index contributed by atoms with van der Waals surface area (Å²) >= 11 is 0. The van der Waals surface area contributed by atoms with Gasteiger partial charge in [0, 0.05) is 28.6 Å². The SMILES string of the molecule is [2H]c1c([2H])c([2H])c(-c2cc(-c3ccc(-c4nc5ccccc5n4-c4ccccc4)cc3)cc(-c3cccc(-c4c(-c5ccccc5)nc5ccccn45)c3)c2)c([2H])c1[2H]. The second kappa shape index (κ2) is 13.4. The van der Waals surface area contributed by atoms with Gasteiger partial charge in [-0.3, -0.25) is 8.97 Å². The van der Waals surface area contributed by atoms with Crippen LogP contribution in [0.1, 0.15) is 6.85 Å². The average Bonchev–Trinajstić information content (AvgIpc) is 3.88. The maximum Gasteiger partial charge on any atom is 0.145 e. The first kappa shape index (κ1) is 26.5. The van der Waals surface area contributed by atoms with Crippen LogP contribution in [0.3, 0.4) is 0 Å². The van der Waals surface area contributed by atoms with Crippen molar-refractivity contribution in [1.29, 1.82) is 0 Å². The molecule has 7 aromatic carbocycles. The summed E-state index contributed by atoms with van der Waals surface area (Å²) in [7, 11) is 0. The van der Waals surface area contributed by atoms with Gasteiger partial charge in [-0.1, -0.05) is 139 Å². The first-order valence-electron chi connectivity index (χ1n) is 20.3. The van der Waals surface area contributed by atoms with Crippen LogP contribution in [-0.2, 0) is 0 Å². The molecule has 0 atom stereocenters. The van der Waals surface area contributed by atoms with E-state index in [0.717, 1.165) is 78.5 Å². The minimum atomic E-state index is -0.424. The quantitative estimate of drug-likeness (QED) is 0.166. The average molecular weight is 696 g/mol. The summed E-state index contributed by atoms with van der Waals surface area (Å²) in [5.41, 5.74) is 12.6. The van der Waals surface area contributed by atoms with Crippen LogP contribution in [0, 0.1) is 0 Å². The summed E-state index contributed by atoms with van der Waals surface area (Å²) in [5.74, 6) is 0.816. The molecule has 0 amide bonds. The first-order chi connectivity index (χ1) is 28.8. The zero-order chi connectivity index (χ0) is 40.2. The van der Waals surface area contributed by atoms with Crippen molar-refractivity contribution in [2.75, 3.05) is 0 Å². The van der Waals surface area contributed by atoms with Gasteiger partial charge >= 0.3 is 0 Å². The predicted molar refractivity (Wildman–Crippen MR) is 222 cm³/mol. The highest BCUT2D eigenvalue weighted by atomic mass is 15.1. The molecule has 0 fully saturated rings. The van der Waals surface area contributed by atoms with Crippen LogP contribution < -0.4 is 0 Å². The molecule has 3 heterocycles. The number of nitrogens with zero attached hydrogens (tertiary/aromatic N) is 4. The van der Waals surface area contributed by atoms with E-state index in [2.05, 4.69) is 81.8 Å². The molecule has 0 bridgehead atoms. The number of hydrogen-bond donors (Lipinski definition) is 0. The molecular weight excluding hydrogens is 657 g/mol. The molecule has 0 N–H and O–H groups in total. The van der Waals surface area contributed by atoms with Crippen LogP contribution in [0.25, 0.3) is 89.7 Å². The van der Waals surface area contributed by atoms with E-state index < -0.39 is 6.04 Å². The van der Waals surface area contributed by atoms with Crippen molar-refractivity contribution in [3.8, 4) is 73.0 Å². The van der Waals surface area contributed by atoms with E-state index in [1.165, 1.54) is 0 Å². The summed E-state index contributed by atoms with van der Waals surface area (Å²) in [6, 6.07) is 55.2. The van der Waals surface area contributed by atoms with E-state index in [-0.39, 0.29) is 29.7 Å². The number of fused-ring (bicyclic) bond motifs is 2. The molecule has 0 aliphatic carbocycles. The van der Waals surface area contributed by atoms with Crippen molar-refractivity contribution >= 4 is 16.7 Å². The fourth-order valence-electron chi connectivity index (χ4n) is 7.28. The maximum absolute atomic E-state index is 8.90. The number of para-hydroxylation sites is 3. The van der Waals surface area contributed by atoms with Crippen LogP contribution in [0.4, 0.5) is 0 Å². The highest BCUT2D eigenvalue weighted by molar-refractivity contribution is 5.87. The van der Waals surface area contributed by atoms with Gasteiger partial charge in [0.1, 0.15) is 11.5 Å². The third kappa shape index (κ3) is 5.67. The fourth-order valence-corrected chi connectivity index (χ4v) is 7.28. The second-order valence-corrected chi connectivity index (χ2v) is 13.2. The number of aromatic nitrogens is 4. The molecule has 254 valence electrons. The molecule has 10 aromatic rings. The Hall–Kier alpha value is -7.30. The fraction of sp³-hybridized carbons (Fsp3) is 0. The largest absolute Gasteiger partial charge is 0.299 e. The van der Waals surface area contributed by atoms with Crippen molar-refractivity contribution in [3.63, 3.8) is 0 Å². The summed E-state index contributed by atoms with van der Waals surface area (Å²) in [6.07, 6.45) is 2.02.